The number of unbranched alkanes of at least 4 members (excludes halogenated alkanes) is 1. The van der Waals surface area contributed by atoms with Crippen LogP contribution in [0.4, 0.5) is 9.93 Å². The van der Waals surface area contributed by atoms with E-state index in [1.54, 1.807) is 0 Å². The third-order valence-corrected chi connectivity index (χ3v) is 3.07. The van der Waals surface area contributed by atoms with E-state index in [1.165, 1.54) is 0 Å². The van der Waals surface area contributed by atoms with Crippen LogP contribution in [0.3, 0.4) is 0 Å². The van der Waals surface area contributed by atoms with E-state index in [0.717, 1.165) is 18.0 Å². The predicted molar refractivity (Wildman–Crippen MR) is 87.9 cm³/mol. The fraction of sp³-hybridized carbons (Fsp3) is 0.538. The lowest BCUT2D eigenvalue weighted by atomic mass is 10.4. The quantitative estimate of drug-likeness (QED) is 0.270. The molecule has 0 spiro atoms. The van der Waals surface area contributed by atoms with Gasteiger partial charge in [0.1, 0.15) is 6.61 Å². The number of rotatable bonds is 10. The molecule has 0 aromatic carbocycles. The molecule has 0 unspecified atom stereocenters. The van der Waals surface area contributed by atoms with Crippen LogP contribution in [0.25, 0.3) is 0 Å². The molecule has 12 heteroatoms. The molecule has 0 bridgehead atoms. The number of oxime groups is 1. The topological polar surface area (TPSA) is 141 Å². The molecule has 0 fully saturated rings. The molecule has 2 N–H and O–H groups in total. The van der Waals surface area contributed by atoms with Crippen molar-refractivity contribution in [1.82, 2.24) is 14.8 Å². The van der Waals surface area contributed by atoms with Crippen molar-refractivity contribution in [2.75, 3.05) is 18.5 Å². The van der Waals surface area contributed by atoms with Gasteiger partial charge in [0, 0.05) is 11.5 Å². The number of aromatic nitrogens is 2. The zero-order chi connectivity index (χ0) is 18.5. The van der Waals surface area contributed by atoms with Crippen LogP contribution in [-0.4, -0.2) is 46.8 Å². The molecule has 138 valence electrons. The molecular formula is C13H19N5O6S. The Labute approximate surface area is 147 Å². The predicted octanol–water partition coefficient (Wildman–Crippen LogP) is 1.22. The van der Waals surface area contributed by atoms with Crippen LogP contribution in [0.1, 0.15) is 38.9 Å². The fourth-order valence-corrected chi connectivity index (χ4v) is 1.80. The number of carbonyl (C=O) groups excluding carboxylic acids is 3. The Morgan fingerprint density at radius 2 is 2.08 bits per heavy atom. The van der Waals surface area contributed by atoms with Gasteiger partial charge in [0.15, 0.2) is 0 Å². The maximum absolute atomic E-state index is 12.1. The van der Waals surface area contributed by atoms with Crippen LogP contribution in [0.2, 0.25) is 0 Å². The van der Waals surface area contributed by atoms with E-state index in [1.807, 2.05) is 19.3 Å². The van der Waals surface area contributed by atoms with Crippen molar-refractivity contribution in [3.05, 3.63) is 5.82 Å². The first kappa shape index (κ1) is 20.3. The SMILES string of the molecule is CCCCOC(=O)NOC(=O)C(=NOCCC)c1nsc(NC=O)n1. The summed E-state index contributed by atoms with van der Waals surface area (Å²) >= 11 is 0.837. The number of anilines is 1. The number of carbonyl (C=O) groups is 3. The highest BCUT2D eigenvalue weighted by Gasteiger charge is 2.23. The van der Waals surface area contributed by atoms with Crippen molar-refractivity contribution in [1.29, 1.82) is 0 Å². The van der Waals surface area contributed by atoms with Gasteiger partial charge in [-0.05, 0) is 12.8 Å². The first-order valence-electron chi connectivity index (χ1n) is 7.50. The van der Waals surface area contributed by atoms with Gasteiger partial charge < -0.3 is 19.7 Å². The maximum atomic E-state index is 12.1. The van der Waals surface area contributed by atoms with Crippen LogP contribution in [0.15, 0.2) is 5.16 Å². The first-order valence-corrected chi connectivity index (χ1v) is 8.27. The second kappa shape index (κ2) is 11.7. The highest BCUT2D eigenvalue weighted by atomic mass is 32.1. The Bertz CT molecular complexity index is 605. The van der Waals surface area contributed by atoms with Crippen molar-refractivity contribution < 1.29 is 28.8 Å². The minimum Gasteiger partial charge on any atom is -0.447 e. The van der Waals surface area contributed by atoms with Crippen LogP contribution < -0.4 is 10.8 Å². The van der Waals surface area contributed by atoms with Crippen molar-refractivity contribution >= 4 is 40.8 Å². The number of hydrogen-bond acceptors (Lipinski definition) is 10. The van der Waals surface area contributed by atoms with E-state index in [4.69, 9.17) is 9.57 Å². The molecule has 0 aliphatic heterocycles. The minimum absolute atomic E-state index is 0.114. The van der Waals surface area contributed by atoms with Gasteiger partial charge in [0.25, 0.3) is 0 Å². The summed E-state index contributed by atoms with van der Waals surface area (Å²) in [6.45, 7) is 4.26. The number of hydroxylamine groups is 1. The van der Waals surface area contributed by atoms with Gasteiger partial charge in [-0.25, -0.2) is 9.59 Å². The van der Waals surface area contributed by atoms with Crippen LogP contribution in [0.5, 0.6) is 0 Å². The maximum Gasteiger partial charge on any atom is 0.440 e. The van der Waals surface area contributed by atoms with E-state index in [-0.39, 0.29) is 29.9 Å². The average Bonchev–Trinajstić information content (AvgIpc) is 3.05. The second-order valence-corrected chi connectivity index (χ2v) is 5.19. The minimum atomic E-state index is -1.04. The normalized spacial score (nSPS) is 10.7. The summed E-state index contributed by atoms with van der Waals surface area (Å²) < 4.78 is 8.65. The zero-order valence-corrected chi connectivity index (χ0v) is 14.6. The van der Waals surface area contributed by atoms with Gasteiger partial charge in [0.2, 0.25) is 23.1 Å². The largest absolute Gasteiger partial charge is 0.447 e. The highest BCUT2D eigenvalue weighted by Crippen LogP contribution is 2.11. The van der Waals surface area contributed by atoms with Crippen molar-refractivity contribution in [3.8, 4) is 0 Å². The molecule has 0 radical (unpaired) electrons. The van der Waals surface area contributed by atoms with Gasteiger partial charge in [-0.3, -0.25) is 4.79 Å². The third-order valence-electron chi connectivity index (χ3n) is 2.42. The van der Waals surface area contributed by atoms with Crippen molar-refractivity contribution in [3.63, 3.8) is 0 Å². The number of nitrogens with one attached hydrogen (secondary N) is 2. The number of hydrogen-bond donors (Lipinski definition) is 2. The molecule has 25 heavy (non-hydrogen) atoms. The Kier molecular flexibility index (Phi) is 9.51. The summed E-state index contributed by atoms with van der Waals surface area (Å²) in [4.78, 5) is 47.3. The monoisotopic (exact) mass is 373 g/mol. The lowest BCUT2D eigenvalue weighted by molar-refractivity contribution is -0.141. The Hall–Kier alpha value is -2.76. The van der Waals surface area contributed by atoms with E-state index in [0.29, 0.717) is 19.3 Å². The van der Waals surface area contributed by atoms with Crippen LogP contribution in [0, 0.1) is 0 Å². The van der Waals surface area contributed by atoms with E-state index in [9.17, 15) is 14.4 Å². The molecule has 1 heterocycles. The third kappa shape index (κ3) is 7.56. The van der Waals surface area contributed by atoms with E-state index in [2.05, 4.69) is 24.7 Å². The summed E-state index contributed by atoms with van der Waals surface area (Å²) in [6, 6.07) is 0. The molecule has 2 amide bonds. The van der Waals surface area contributed by atoms with Gasteiger partial charge in [-0.15, -0.1) is 5.48 Å². The summed E-state index contributed by atoms with van der Waals surface area (Å²) in [7, 11) is 0. The average molecular weight is 373 g/mol. The van der Waals surface area contributed by atoms with E-state index < -0.39 is 12.1 Å². The Morgan fingerprint density at radius 3 is 2.76 bits per heavy atom. The standard InChI is InChI=1S/C13H19N5O6S/c1-3-5-7-22-13(21)17-24-11(20)9(16-23-6-4-2)10-15-12(14-8-19)25-18-10/h8H,3-7H2,1-2H3,(H,17,21)(H,14,15,18,19). The molecule has 0 atom stereocenters. The Morgan fingerprint density at radius 1 is 1.28 bits per heavy atom. The lowest BCUT2D eigenvalue weighted by Crippen LogP contribution is -2.32. The molecule has 0 saturated heterocycles. The molecule has 0 aliphatic carbocycles. The summed E-state index contributed by atoms with van der Waals surface area (Å²) in [5.74, 6) is -1.16. The number of ether oxygens (including phenoxy) is 1. The van der Waals surface area contributed by atoms with Gasteiger partial charge in [-0.1, -0.05) is 25.4 Å². The molecule has 11 nitrogen and oxygen atoms in total. The molecule has 1 rings (SSSR count). The molecule has 1 aromatic rings. The summed E-state index contributed by atoms with van der Waals surface area (Å²) in [5.41, 5.74) is 1.48. The van der Waals surface area contributed by atoms with Crippen LogP contribution >= 0.6 is 11.5 Å². The highest BCUT2D eigenvalue weighted by molar-refractivity contribution is 7.10. The summed E-state index contributed by atoms with van der Waals surface area (Å²) in [5, 5.41) is 6.08. The Balaban J connectivity index is 2.71. The van der Waals surface area contributed by atoms with Gasteiger partial charge >= 0.3 is 12.1 Å². The zero-order valence-electron chi connectivity index (χ0n) is 13.8. The van der Waals surface area contributed by atoms with Gasteiger partial charge in [0.05, 0.1) is 6.61 Å². The molecule has 0 saturated carbocycles. The first-order chi connectivity index (χ1) is 12.1. The molecule has 1 aromatic heterocycles. The van der Waals surface area contributed by atoms with Crippen LogP contribution in [-0.2, 0) is 24.0 Å². The number of nitrogens with zero attached hydrogens (tertiary/aromatic N) is 3. The summed E-state index contributed by atoms with van der Waals surface area (Å²) in [6.07, 6.45) is 1.71. The smallest absolute Gasteiger partial charge is 0.440 e. The number of amides is 2. The van der Waals surface area contributed by atoms with Crippen molar-refractivity contribution in [2.24, 2.45) is 5.16 Å². The van der Waals surface area contributed by atoms with Crippen molar-refractivity contribution in [2.45, 2.75) is 33.1 Å². The lowest BCUT2D eigenvalue weighted by Gasteiger charge is -2.06. The second-order valence-electron chi connectivity index (χ2n) is 4.44. The fourth-order valence-electron chi connectivity index (χ4n) is 1.27. The molecular weight excluding hydrogens is 354 g/mol. The molecule has 0 aliphatic rings. The van der Waals surface area contributed by atoms with Gasteiger partial charge in [-0.2, -0.15) is 9.36 Å². The van der Waals surface area contributed by atoms with E-state index >= 15 is 0 Å².